The molecule has 3 heteroatoms. The molecule has 0 N–H and O–H groups in total. The Morgan fingerprint density at radius 3 is 1.54 bits per heavy atom. The van der Waals surface area contributed by atoms with Crippen molar-refractivity contribution in [2.45, 2.75) is 30.6 Å². The molecule has 0 saturated carbocycles. The maximum Gasteiger partial charge on any atom is 0.109 e. The third-order valence-corrected chi connectivity index (χ3v) is 6.24. The minimum Gasteiger partial charge on any atom is -0.239 e. The highest BCUT2D eigenvalue weighted by Gasteiger charge is 2.17. The second-order valence-electron chi connectivity index (χ2n) is 5.99. The van der Waals surface area contributed by atoms with Gasteiger partial charge in [-0.25, -0.2) is 4.21 Å². The lowest BCUT2D eigenvalue weighted by molar-refractivity contribution is 0.676. The van der Waals surface area contributed by atoms with Gasteiger partial charge < -0.3 is 0 Å². The normalized spacial score (nSPS) is 11.3. The third kappa shape index (κ3) is 3.13. The fourth-order valence-electron chi connectivity index (χ4n) is 2.90. The van der Waals surface area contributed by atoms with E-state index in [-0.39, 0.29) is 0 Å². The van der Waals surface area contributed by atoms with Crippen molar-refractivity contribution in [2.75, 3.05) is 0 Å². The van der Waals surface area contributed by atoms with E-state index in [1.807, 2.05) is 74.5 Å². The van der Waals surface area contributed by atoms with Crippen LogP contribution >= 0.6 is 0 Å². The van der Waals surface area contributed by atoms with E-state index in [1.54, 1.807) is 0 Å². The first-order chi connectivity index (χ1) is 11.5. The molecular formula is C21H21NOS. The average molecular weight is 335 g/mol. The number of rotatable bonds is 3. The van der Waals surface area contributed by atoms with E-state index in [0.717, 1.165) is 26.6 Å². The van der Waals surface area contributed by atoms with Crippen molar-refractivity contribution in [3.63, 3.8) is 0 Å². The van der Waals surface area contributed by atoms with Crippen molar-refractivity contribution in [1.82, 2.24) is 0 Å². The lowest BCUT2D eigenvalue weighted by Crippen LogP contribution is -2.02. The summed E-state index contributed by atoms with van der Waals surface area (Å²) >= 11 is 0. The summed E-state index contributed by atoms with van der Waals surface area (Å²) in [5, 5.41) is 0. The van der Waals surface area contributed by atoms with Crippen LogP contribution in [-0.2, 0) is 9.73 Å². The van der Waals surface area contributed by atoms with Gasteiger partial charge in [0.2, 0.25) is 0 Å². The topological polar surface area (TPSA) is 29.4 Å². The van der Waals surface area contributed by atoms with E-state index in [4.69, 9.17) is 4.36 Å². The van der Waals surface area contributed by atoms with E-state index >= 15 is 0 Å². The van der Waals surface area contributed by atoms with E-state index in [0.29, 0.717) is 0 Å². The molecular weight excluding hydrogens is 314 g/mol. The third-order valence-electron chi connectivity index (χ3n) is 3.98. The van der Waals surface area contributed by atoms with Gasteiger partial charge in [-0.15, -0.1) is 0 Å². The van der Waals surface area contributed by atoms with E-state index < -0.39 is 9.73 Å². The van der Waals surface area contributed by atoms with Crippen LogP contribution in [0.15, 0.2) is 87.0 Å². The summed E-state index contributed by atoms with van der Waals surface area (Å²) in [5.41, 5.74) is 4.10. The molecule has 0 spiro atoms. The number of hydrogen-bond acceptors (Lipinski definition) is 2. The molecule has 24 heavy (non-hydrogen) atoms. The molecule has 0 aliphatic carbocycles. The molecule has 0 bridgehead atoms. The fraction of sp³-hybridized carbons (Fsp3) is 0.143. The molecule has 2 nitrogen and oxygen atoms in total. The summed E-state index contributed by atoms with van der Waals surface area (Å²) in [6.07, 6.45) is 0. The standard InChI is InChI=1S/C21H21NOS/c1-16-14-17(2)21(18(3)15-16)22-24(23,19-10-6-4-7-11-19)20-12-8-5-9-13-20/h4-15H,1-3H3. The first-order valence-electron chi connectivity index (χ1n) is 7.96. The molecule has 0 heterocycles. The molecule has 0 aliphatic heterocycles. The number of benzene rings is 3. The molecule has 0 fully saturated rings. The molecule has 0 atom stereocenters. The van der Waals surface area contributed by atoms with Gasteiger partial charge in [0, 0.05) is 0 Å². The molecule has 0 aromatic heterocycles. The highest BCUT2D eigenvalue weighted by atomic mass is 32.2. The van der Waals surface area contributed by atoms with Gasteiger partial charge in [0.15, 0.2) is 0 Å². The van der Waals surface area contributed by atoms with Gasteiger partial charge in [0.05, 0.1) is 15.5 Å². The molecule has 0 saturated heterocycles. The van der Waals surface area contributed by atoms with Gasteiger partial charge in [0.1, 0.15) is 9.73 Å². The van der Waals surface area contributed by atoms with E-state index in [2.05, 4.69) is 19.1 Å². The van der Waals surface area contributed by atoms with Gasteiger partial charge in [-0.3, -0.25) is 0 Å². The summed E-state index contributed by atoms with van der Waals surface area (Å²) < 4.78 is 18.8. The molecule has 0 radical (unpaired) electrons. The zero-order chi connectivity index (χ0) is 17.2. The Hall–Kier alpha value is -2.39. The molecule has 0 amide bonds. The molecule has 0 unspecified atom stereocenters. The second-order valence-corrected chi connectivity index (χ2v) is 8.17. The van der Waals surface area contributed by atoms with Crippen LogP contribution in [-0.4, -0.2) is 4.21 Å². The lowest BCUT2D eigenvalue weighted by Gasteiger charge is -2.14. The Balaban J connectivity index is 2.34. The van der Waals surface area contributed by atoms with Gasteiger partial charge in [0.25, 0.3) is 0 Å². The van der Waals surface area contributed by atoms with Gasteiger partial charge in [-0.05, 0) is 56.2 Å². The monoisotopic (exact) mass is 335 g/mol. The lowest BCUT2D eigenvalue weighted by atomic mass is 10.1. The van der Waals surface area contributed by atoms with Gasteiger partial charge in [-0.2, -0.15) is 4.36 Å². The highest BCUT2D eigenvalue weighted by molar-refractivity contribution is 7.93. The Kier molecular flexibility index (Phi) is 4.54. The molecule has 3 rings (SSSR count). The molecule has 3 aromatic rings. The molecule has 122 valence electrons. The Morgan fingerprint density at radius 2 is 1.12 bits per heavy atom. The van der Waals surface area contributed by atoms with Gasteiger partial charge >= 0.3 is 0 Å². The smallest absolute Gasteiger partial charge is 0.109 e. The van der Waals surface area contributed by atoms with Crippen LogP contribution in [0.5, 0.6) is 0 Å². The zero-order valence-electron chi connectivity index (χ0n) is 14.2. The van der Waals surface area contributed by atoms with Crippen molar-refractivity contribution in [3.8, 4) is 0 Å². The van der Waals surface area contributed by atoms with Gasteiger partial charge in [-0.1, -0.05) is 54.1 Å². The van der Waals surface area contributed by atoms with Crippen molar-refractivity contribution in [1.29, 1.82) is 0 Å². The Bertz CT molecular complexity index is 901. The second kappa shape index (κ2) is 6.62. The average Bonchev–Trinajstić information content (AvgIpc) is 2.59. The predicted octanol–water partition coefficient (Wildman–Crippen LogP) is 5.83. The van der Waals surface area contributed by atoms with Crippen LogP contribution in [0.2, 0.25) is 0 Å². The SMILES string of the molecule is Cc1cc(C)c(N=S(=O)(c2ccccc2)c2ccccc2)c(C)c1. The van der Waals surface area contributed by atoms with E-state index in [1.165, 1.54) is 5.56 Å². The summed E-state index contributed by atoms with van der Waals surface area (Å²) in [6.45, 7) is 6.11. The van der Waals surface area contributed by atoms with Crippen LogP contribution in [0.25, 0.3) is 0 Å². The summed E-state index contributed by atoms with van der Waals surface area (Å²) in [6, 6.07) is 23.2. The van der Waals surface area contributed by atoms with Crippen LogP contribution in [0.3, 0.4) is 0 Å². The number of hydrogen-bond donors (Lipinski definition) is 0. The first kappa shape index (κ1) is 16.5. The van der Waals surface area contributed by atoms with E-state index in [9.17, 15) is 4.21 Å². The largest absolute Gasteiger partial charge is 0.239 e. The Labute approximate surface area is 144 Å². The summed E-state index contributed by atoms with van der Waals surface area (Å²) in [7, 11) is -2.73. The van der Waals surface area contributed by atoms with Crippen molar-refractivity contribution < 1.29 is 4.21 Å². The maximum absolute atomic E-state index is 14.0. The Morgan fingerprint density at radius 1 is 0.708 bits per heavy atom. The van der Waals surface area contributed by atoms with Crippen LogP contribution in [0, 0.1) is 20.8 Å². The summed E-state index contributed by atoms with van der Waals surface area (Å²) in [5.74, 6) is 0. The van der Waals surface area contributed by atoms with Crippen LogP contribution < -0.4 is 0 Å². The quantitative estimate of drug-likeness (QED) is 0.592. The molecule has 3 aromatic carbocycles. The minimum absolute atomic E-state index is 0.732. The highest BCUT2D eigenvalue weighted by Crippen LogP contribution is 2.32. The maximum atomic E-state index is 14.0. The number of aryl methyl sites for hydroxylation is 3. The minimum atomic E-state index is -2.73. The van der Waals surface area contributed by atoms with Crippen LogP contribution in [0.1, 0.15) is 16.7 Å². The predicted molar refractivity (Wildman–Crippen MR) is 100 cm³/mol. The van der Waals surface area contributed by atoms with Crippen molar-refractivity contribution in [2.24, 2.45) is 4.36 Å². The van der Waals surface area contributed by atoms with Crippen LogP contribution in [0.4, 0.5) is 5.69 Å². The number of nitrogens with zero attached hydrogens (tertiary/aromatic N) is 1. The fourth-order valence-corrected chi connectivity index (χ4v) is 4.98. The first-order valence-corrected chi connectivity index (χ1v) is 9.47. The summed E-state index contributed by atoms with van der Waals surface area (Å²) in [4.78, 5) is 1.46. The zero-order valence-corrected chi connectivity index (χ0v) is 15.0. The van der Waals surface area contributed by atoms with Crippen molar-refractivity contribution >= 4 is 15.4 Å². The van der Waals surface area contributed by atoms with Crippen molar-refractivity contribution in [3.05, 3.63) is 89.5 Å². The molecule has 0 aliphatic rings.